The fraction of sp³-hybridized carbons (Fsp3) is 0.333. The molecule has 1 N–H and O–H groups in total. The molecule has 1 atom stereocenters. The molecule has 30 heavy (non-hydrogen) atoms. The van der Waals surface area contributed by atoms with E-state index in [0.29, 0.717) is 17.8 Å². The number of benzene rings is 2. The SMILES string of the molecule is CCOCc1c(C(=O)OCC(=O)N[C@H](C)CCc2ccccc2)oc2ccccc12. The van der Waals surface area contributed by atoms with Crippen LogP contribution in [0.3, 0.4) is 0 Å². The average Bonchev–Trinajstić information content (AvgIpc) is 3.14. The van der Waals surface area contributed by atoms with Crippen LogP contribution in [0.2, 0.25) is 0 Å². The van der Waals surface area contributed by atoms with Crippen molar-refractivity contribution >= 4 is 22.8 Å². The first-order chi connectivity index (χ1) is 14.6. The van der Waals surface area contributed by atoms with Crippen LogP contribution < -0.4 is 5.32 Å². The monoisotopic (exact) mass is 409 g/mol. The zero-order valence-electron chi connectivity index (χ0n) is 17.4. The summed E-state index contributed by atoms with van der Waals surface area (Å²) in [6.07, 6.45) is 1.66. The summed E-state index contributed by atoms with van der Waals surface area (Å²) in [4.78, 5) is 24.7. The van der Waals surface area contributed by atoms with E-state index >= 15 is 0 Å². The molecule has 0 radical (unpaired) electrons. The molecule has 0 bridgehead atoms. The molecule has 2 aromatic carbocycles. The Morgan fingerprint density at radius 2 is 1.80 bits per heavy atom. The molecular weight excluding hydrogens is 382 g/mol. The molecule has 0 spiro atoms. The molecule has 6 nitrogen and oxygen atoms in total. The molecule has 0 fully saturated rings. The number of nitrogens with one attached hydrogen (secondary N) is 1. The summed E-state index contributed by atoms with van der Waals surface area (Å²) >= 11 is 0. The van der Waals surface area contributed by atoms with Gasteiger partial charge in [0.05, 0.1) is 6.61 Å². The molecule has 0 saturated heterocycles. The quantitative estimate of drug-likeness (QED) is 0.506. The van der Waals surface area contributed by atoms with E-state index in [-0.39, 0.29) is 30.9 Å². The molecule has 158 valence electrons. The maximum atomic E-state index is 12.5. The van der Waals surface area contributed by atoms with E-state index in [2.05, 4.69) is 17.4 Å². The fourth-order valence-electron chi connectivity index (χ4n) is 3.22. The lowest BCUT2D eigenvalue weighted by molar-refractivity contribution is -0.124. The van der Waals surface area contributed by atoms with Crippen LogP contribution in [-0.4, -0.2) is 31.1 Å². The number of amides is 1. The number of furan rings is 1. The Morgan fingerprint density at radius 3 is 2.57 bits per heavy atom. The van der Waals surface area contributed by atoms with Gasteiger partial charge >= 0.3 is 5.97 Å². The van der Waals surface area contributed by atoms with Gasteiger partial charge in [0.15, 0.2) is 6.61 Å². The summed E-state index contributed by atoms with van der Waals surface area (Å²) in [6, 6.07) is 17.4. The molecular formula is C24H27NO5. The van der Waals surface area contributed by atoms with Crippen molar-refractivity contribution in [3.63, 3.8) is 0 Å². The topological polar surface area (TPSA) is 77.8 Å². The van der Waals surface area contributed by atoms with Crippen molar-refractivity contribution < 1.29 is 23.5 Å². The van der Waals surface area contributed by atoms with Gasteiger partial charge in [-0.3, -0.25) is 4.79 Å². The van der Waals surface area contributed by atoms with Crippen molar-refractivity contribution in [1.29, 1.82) is 0 Å². The summed E-state index contributed by atoms with van der Waals surface area (Å²) in [5, 5.41) is 3.66. The lowest BCUT2D eigenvalue weighted by Crippen LogP contribution is -2.36. The minimum absolute atomic E-state index is 0.0314. The first kappa shape index (κ1) is 21.6. The Kier molecular flexibility index (Phi) is 7.63. The Balaban J connectivity index is 1.54. The van der Waals surface area contributed by atoms with E-state index in [1.807, 2.05) is 50.2 Å². The lowest BCUT2D eigenvalue weighted by Gasteiger charge is -2.14. The van der Waals surface area contributed by atoms with Gasteiger partial charge in [-0.05, 0) is 38.3 Å². The Bertz CT molecular complexity index is 980. The van der Waals surface area contributed by atoms with E-state index in [1.165, 1.54) is 5.56 Å². The van der Waals surface area contributed by atoms with Gasteiger partial charge in [0, 0.05) is 23.6 Å². The summed E-state index contributed by atoms with van der Waals surface area (Å²) in [7, 11) is 0. The first-order valence-corrected chi connectivity index (χ1v) is 10.2. The van der Waals surface area contributed by atoms with E-state index in [0.717, 1.165) is 18.2 Å². The highest BCUT2D eigenvalue weighted by Gasteiger charge is 2.22. The maximum Gasteiger partial charge on any atom is 0.375 e. The van der Waals surface area contributed by atoms with Crippen LogP contribution in [-0.2, 0) is 27.3 Å². The number of para-hydroxylation sites is 1. The summed E-state index contributed by atoms with van der Waals surface area (Å²) in [6.45, 7) is 4.20. The number of carbonyl (C=O) groups excluding carboxylic acids is 2. The largest absolute Gasteiger partial charge is 0.450 e. The molecule has 6 heteroatoms. The molecule has 1 amide bonds. The van der Waals surface area contributed by atoms with Crippen LogP contribution in [0.5, 0.6) is 0 Å². The van der Waals surface area contributed by atoms with Crippen LogP contribution in [0.4, 0.5) is 0 Å². The van der Waals surface area contributed by atoms with Gasteiger partial charge in [-0.2, -0.15) is 0 Å². The number of rotatable bonds is 10. The van der Waals surface area contributed by atoms with Gasteiger partial charge < -0.3 is 19.2 Å². The van der Waals surface area contributed by atoms with Crippen LogP contribution in [0.1, 0.15) is 41.9 Å². The first-order valence-electron chi connectivity index (χ1n) is 10.2. The number of hydrogen-bond acceptors (Lipinski definition) is 5. The minimum atomic E-state index is -0.673. The van der Waals surface area contributed by atoms with Crippen molar-refractivity contribution in [2.24, 2.45) is 0 Å². The summed E-state index contributed by atoms with van der Waals surface area (Å²) in [5.41, 5.74) is 2.43. The number of aryl methyl sites for hydroxylation is 1. The third-order valence-electron chi connectivity index (χ3n) is 4.78. The zero-order valence-corrected chi connectivity index (χ0v) is 17.4. The second-order valence-corrected chi connectivity index (χ2v) is 7.11. The number of fused-ring (bicyclic) bond motifs is 1. The predicted octanol–water partition coefficient (Wildman–Crippen LogP) is 4.26. The molecule has 1 aromatic heterocycles. The zero-order chi connectivity index (χ0) is 21.3. The fourth-order valence-corrected chi connectivity index (χ4v) is 3.22. The van der Waals surface area contributed by atoms with Crippen LogP contribution in [0.15, 0.2) is 59.0 Å². The van der Waals surface area contributed by atoms with Crippen LogP contribution in [0, 0.1) is 0 Å². The van der Waals surface area contributed by atoms with Crippen LogP contribution in [0.25, 0.3) is 11.0 Å². The highest BCUT2D eigenvalue weighted by Crippen LogP contribution is 2.27. The van der Waals surface area contributed by atoms with Crippen LogP contribution >= 0.6 is 0 Å². The predicted molar refractivity (Wildman–Crippen MR) is 114 cm³/mol. The lowest BCUT2D eigenvalue weighted by atomic mass is 10.1. The molecule has 0 saturated carbocycles. The summed E-state index contributed by atoms with van der Waals surface area (Å²) in [5.74, 6) is -0.936. The Hall–Kier alpha value is -3.12. The third-order valence-corrected chi connectivity index (χ3v) is 4.78. The van der Waals surface area contributed by atoms with Gasteiger partial charge in [-0.25, -0.2) is 4.79 Å². The highest BCUT2D eigenvalue weighted by atomic mass is 16.5. The highest BCUT2D eigenvalue weighted by molar-refractivity contribution is 5.96. The molecule has 0 aliphatic carbocycles. The van der Waals surface area contributed by atoms with Gasteiger partial charge in [0.1, 0.15) is 5.58 Å². The smallest absolute Gasteiger partial charge is 0.375 e. The number of carbonyl (C=O) groups is 2. The Morgan fingerprint density at radius 1 is 1.07 bits per heavy atom. The van der Waals surface area contributed by atoms with E-state index in [1.54, 1.807) is 6.07 Å². The molecule has 0 aliphatic heterocycles. The van der Waals surface area contributed by atoms with Crippen molar-refractivity contribution in [3.8, 4) is 0 Å². The van der Waals surface area contributed by atoms with Crippen molar-refractivity contribution in [2.75, 3.05) is 13.2 Å². The van der Waals surface area contributed by atoms with Crippen molar-refractivity contribution in [3.05, 3.63) is 71.5 Å². The van der Waals surface area contributed by atoms with Gasteiger partial charge in [0.2, 0.25) is 5.76 Å². The summed E-state index contributed by atoms with van der Waals surface area (Å²) < 4.78 is 16.3. The van der Waals surface area contributed by atoms with Gasteiger partial charge in [-0.15, -0.1) is 0 Å². The van der Waals surface area contributed by atoms with Crippen molar-refractivity contribution in [1.82, 2.24) is 5.32 Å². The normalized spacial score (nSPS) is 11.9. The van der Waals surface area contributed by atoms with Gasteiger partial charge in [-0.1, -0.05) is 48.5 Å². The average molecular weight is 409 g/mol. The maximum absolute atomic E-state index is 12.5. The second-order valence-electron chi connectivity index (χ2n) is 7.11. The molecule has 3 aromatic rings. The van der Waals surface area contributed by atoms with Gasteiger partial charge in [0.25, 0.3) is 5.91 Å². The van der Waals surface area contributed by atoms with E-state index in [9.17, 15) is 9.59 Å². The molecule has 0 aliphatic rings. The standard InChI is InChI=1S/C24H27NO5/c1-3-28-15-20-19-11-7-8-12-21(19)30-23(20)24(27)29-16-22(26)25-17(2)13-14-18-9-5-4-6-10-18/h4-12,17H,3,13-16H2,1-2H3,(H,25,26)/t17-/m1/s1. The molecule has 3 rings (SSSR count). The van der Waals surface area contributed by atoms with E-state index < -0.39 is 5.97 Å². The number of ether oxygens (including phenoxy) is 2. The Labute approximate surface area is 176 Å². The minimum Gasteiger partial charge on any atom is -0.450 e. The van der Waals surface area contributed by atoms with E-state index in [4.69, 9.17) is 13.9 Å². The second kappa shape index (κ2) is 10.6. The molecule has 0 unspecified atom stereocenters. The number of hydrogen-bond donors (Lipinski definition) is 1. The third kappa shape index (κ3) is 5.70. The molecule has 1 heterocycles. The van der Waals surface area contributed by atoms with Crippen molar-refractivity contribution in [2.45, 2.75) is 39.3 Å². The number of esters is 1.